The number of hydrogen-bond acceptors (Lipinski definition) is 2. The first-order valence-electron chi connectivity index (χ1n) is 7.93. The average Bonchev–Trinajstić information content (AvgIpc) is 2.48. The SMILES string of the molecule is CN=C(NCCC(=O)Nc1ccc(C)cc1Cl)NCCC(C)C. The Hall–Kier alpha value is -1.75. The summed E-state index contributed by atoms with van der Waals surface area (Å²) in [5.74, 6) is 1.28. The summed E-state index contributed by atoms with van der Waals surface area (Å²) in [6.45, 7) is 7.69. The first kappa shape index (κ1) is 19.3. The molecule has 23 heavy (non-hydrogen) atoms. The summed E-state index contributed by atoms with van der Waals surface area (Å²) in [5, 5.41) is 9.72. The molecule has 0 atom stereocenters. The summed E-state index contributed by atoms with van der Waals surface area (Å²) in [5.41, 5.74) is 1.70. The van der Waals surface area contributed by atoms with E-state index < -0.39 is 0 Å². The molecule has 0 aliphatic heterocycles. The minimum atomic E-state index is -0.0825. The van der Waals surface area contributed by atoms with Crippen molar-refractivity contribution in [2.24, 2.45) is 10.9 Å². The molecule has 0 saturated carbocycles. The van der Waals surface area contributed by atoms with Crippen LogP contribution in [0, 0.1) is 12.8 Å². The van der Waals surface area contributed by atoms with Crippen LogP contribution in [-0.2, 0) is 4.79 Å². The van der Waals surface area contributed by atoms with Gasteiger partial charge in [-0.05, 0) is 37.0 Å². The van der Waals surface area contributed by atoms with Crippen molar-refractivity contribution in [1.29, 1.82) is 0 Å². The zero-order valence-electron chi connectivity index (χ0n) is 14.4. The number of aliphatic imine (C=N–C) groups is 1. The van der Waals surface area contributed by atoms with E-state index in [1.807, 2.05) is 25.1 Å². The van der Waals surface area contributed by atoms with Crippen molar-refractivity contribution < 1.29 is 4.79 Å². The number of amides is 1. The summed E-state index contributed by atoms with van der Waals surface area (Å²) < 4.78 is 0. The first-order chi connectivity index (χ1) is 10.9. The van der Waals surface area contributed by atoms with Gasteiger partial charge in [-0.3, -0.25) is 9.79 Å². The van der Waals surface area contributed by atoms with E-state index in [2.05, 4.69) is 34.8 Å². The molecule has 0 aliphatic carbocycles. The normalized spacial score (nSPS) is 11.5. The van der Waals surface area contributed by atoms with Gasteiger partial charge in [0.2, 0.25) is 5.91 Å². The van der Waals surface area contributed by atoms with Gasteiger partial charge >= 0.3 is 0 Å². The highest BCUT2D eigenvalue weighted by Crippen LogP contribution is 2.22. The van der Waals surface area contributed by atoms with Crippen LogP contribution in [0.15, 0.2) is 23.2 Å². The van der Waals surface area contributed by atoms with Gasteiger partial charge in [0.25, 0.3) is 0 Å². The van der Waals surface area contributed by atoms with Crippen LogP contribution >= 0.6 is 11.6 Å². The molecule has 0 radical (unpaired) electrons. The van der Waals surface area contributed by atoms with E-state index in [0.29, 0.717) is 35.6 Å². The summed E-state index contributed by atoms with van der Waals surface area (Å²) in [6, 6.07) is 5.56. The van der Waals surface area contributed by atoms with Gasteiger partial charge in [0.05, 0.1) is 10.7 Å². The van der Waals surface area contributed by atoms with Crippen molar-refractivity contribution >= 4 is 29.2 Å². The molecule has 5 nitrogen and oxygen atoms in total. The minimum Gasteiger partial charge on any atom is -0.356 e. The minimum absolute atomic E-state index is 0.0825. The maximum atomic E-state index is 12.0. The van der Waals surface area contributed by atoms with Crippen molar-refractivity contribution in [2.45, 2.75) is 33.6 Å². The van der Waals surface area contributed by atoms with Gasteiger partial charge in [-0.1, -0.05) is 31.5 Å². The lowest BCUT2D eigenvalue weighted by Crippen LogP contribution is -2.39. The molecule has 0 bridgehead atoms. The van der Waals surface area contributed by atoms with Crippen molar-refractivity contribution in [3.8, 4) is 0 Å². The molecule has 128 valence electrons. The molecule has 0 spiro atoms. The van der Waals surface area contributed by atoms with Crippen molar-refractivity contribution in [2.75, 3.05) is 25.5 Å². The van der Waals surface area contributed by atoms with E-state index >= 15 is 0 Å². The van der Waals surface area contributed by atoms with Crippen LogP contribution in [0.1, 0.15) is 32.3 Å². The molecule has 1 rings (SSSR count). The fraction of sp³-hybridized carbons (Fsp3) is 0.529. The first-order valence-corrected chi connectivity index (χ1v) is 8.30. The standard InChI is InChI=1S/C17H27ClN4O/c1-12(2)7-9-20-17(19-4)21-10-8-16(23)22-15-6-5-13(3)11-14(15)18/h5-6,11-12H,7-10H2,1-4H3,(H,22,23)(H2,19,20,21). The average molecular weight is 339 g/mol. The van der Waals surface area contributed by atoms with Crippen LogP contribution in [0.25, 0.3) is 0 Å². The number of nitrogens with zero attached hydrogens (tertiary/aromatic N) is 1. The Labute approximate surface area is 143 Å². The molecule has 1 aromatic carbocycles. The largest absolute Gasteiger partial charge is 0.356 e. The molecule has 0 aliphatic rings. The summed E-state index contributed by atoms with van der Waals surface area (Å²) in [6.07, 6.45) is 1.42. The van der Waals surface area contributed by atoms with Gasteiger partial charge in [-0.2, -0.15) is 0 Å². The summed E-state index contributed by atoms with van der Waals surface area (Å²) in [7, 11) is 1.72. The zero-order valence-corrected chi connectivity index (χ0v) is 15.1. The van der Waals surface area contributed by atoms with E-state index in [-0.39, 0.29) is 5.91 Å². The van der Waals surface area contributed by atoms with Gasteiger partial charge < -0.3 is 16.0 Å². The number of aryl methyl sites for hydroxylation is 1. The topological polar surface area (TPSA) is 65.5 Å². The molecule has 0 unspecified atom stereocenters. The molecule has 1 aromatic rings. The fourth-order valence-electron chi connectivity index (χ4n) is 1.93. The summed E-state index contributed by atoms with van der Waals surface area (Å²) in [4.78, 5) is 16.1. The fourth-order valence-corrected chi connectivity index (χ4v) is 2.21. The number of rotatable bonds is 7. The molecule has 0 saturated heterocycles. The Kier molecular flexibility index (Phi) is 8.48. The van der Waals surface area contributed by atoms with Gasteiger partial charge in [-0.25, -0.2) is 0 Å². The highest BCUT2D eigenvalue weighted by atomic mass is 35.5. The molecule has 3 N–H and O–H groups in total. The van der Waals surface area contributed by atoms with Gasteiger partial charge in [0.15, 0.2) is 5.96 Å². The van der Waals surface area contributed by atoms with Crippen LogP contribution in [0.5, 0.6) is 0 Å². The number of carbonyl (C=O) groups excluding carboxylic acids is 1. The summed E-state index contributed by atoms with van der Waals surface area (Å²) >= 11 is 6.10. The number of halogens is 1. The number of benzene rings is 1. The monoisotopic (exact) mass is 338 g/mol. The highest BCUT2D eigenvalue weighted by molar-refractivity contribution is 6.33. The number of hydrogen-bond donors (Lipinski definition) is 3. The maximum absolute atomic E-state index is 12.0. The number of anilines is 1. The lowest BCUT2D eigenvalue weighted by atomic mass is 10.1. The predicted molar refractivity (Wildman–Crippen MR) is 98.3 cm³/mol. The lowest BCUT2D eigenvalue weighted by molar-refractivity contribution is -0.116. The van der Waals surface area contributed by atoms with Gasteiger partial charge in [0.1, 0.15) is 0 Å². The Morgan fingerprint density at radius 1 is 1.26 bits per heavy atom. The molecule has 6 heteroatoms. The second-order valence-corrected chi connectivity index (χ2v) is 6.30. The van der Waals surface area contributed by atoms with Crippen molar-refractivity contribution in [3.63, 3.8) is 0 Å². The zero-order chi connectivity index (χ0) is 17.2. The third-order valence-corrected chi connectivity index (χ3v) is 3.59. The van der Waals surface area contributed by atoms with Crippen LogP contribution in [-0.4, -0.2) is 32.0 Å². The Balaban J connectivity index is 2.32. The second-order valence-electron chi connectivity index (χ2n) is 5.89. The molecule has 0 heterocycles. The number of nitrogens with one attached hydrogen (secondary N) is 3. The van der Waals surface area contributed by atoms with E-state index in [1.54, 1.807) is 7.05 Å². The third-order valence-electron chi connectivity index (χ3n) is 3.28. The smallest absolute Gasteiger partial charge is 0.226 e. The van der Waals surface area contributed by atoms with E-state index in [9.17, 15) is 4.79 Å². The number of carbonyl (C=O) groups is 1. The maximum Gasteiger partial charge on any atom is 0.226 e. The predicted octanol–water partition coefficient (Wildman–Crippen LogP) is 3.19. The Morgan fingerprint density at radius 3 is 2.57 bits per heavy atom. The highest BCUT2D eigenvalue weighted by Gasteiger charge is 2.06. The van der Waals surface area contributed by atoms with Crippen molar-refractivity contribution in [1.82, 2.24) is 10.6 Å². The van der Waals surface area contributed by atoms with Crippen LogP contribution in [0.4, 0.5) is 5.69 Å². The molecular formula is C17H27ClN4O. The van der Waals surface area contributed by atoms with Gasteiger partial charge in [0, 0.05) is 26.6 Å². The lowest BCUT2D eigenvalue weighted by Gasteiger charge is -2.13. The Morgan fingerprint density at radius 2 is 1.96 bits per heavy atom. The van der Waals surface area contributed by atoms with Crippen LogP contribution in [0.2, 0.25) is 5.02 Å². The number of guanidine groups is 1. The van der Waals surface area contributed by atoms with Crippen molar-refractivity contribution in [3.05, 3.63) is 28.8 Å². The van der Waals surface area contributed by atoms with Crippen LogP contribution in [0.3, 0.4) is 0 Å². The van der Waals surface area contributed by atoms with E-state index in [4.69, 9.17) is 11.6 Å². The molecule has 0 fully saturated rings. The quantitative estimate of drug-likeness (QED) is 0.528. The second kappa shape index (κ2) is 10.1. The van der Waals surface area contributed by atoms with E-state index in [0.717, 1.165) is 18.5 Å². The molecule has 1 amide bonds. The Bertz CT molecular complexity index is 543. The molecule has 0 aromatic heterocycles. The van der Waals surface area contributed by atoms with Crippen LogP contribution < -0.4 is 16.0 Å². The van der Waals surface area contributed by atoms with Gasteiger partial charge in [-0.15, -0.1) is 0 Å². The third kappa shape index (κ3) is 7.88. The molecular weight excluding hydrogens is 312 g/mol. The van der Waals surface area contributed by atoms with E-state index in [1.165, 1.54) is 0 Å².